The van der Waals surface area contributed by atoms with Crippen molar-refractivity contribution in [1.82, 2.24) is 5.32 Å². The molecule has 0 radical (unpaired) electrons. The van der Waals surface area contributed by atoms with Gasteiger partial charge < -0.3 is 10.1 Å². The number of aldehydes is 1. The van der Waals surface area contributed by atoms with Gasteiger partial charge in [0, 0.05) is 12.8 Å². The second kappa shape index (κ2) is 7.55. The first-order valence-electron chi connectivity index (χ1n) is 7.35. The van der Waals surface area contributed by atoms with E-state index in [9.17, 15) is 14.4 Å². The van der Waals surface area contributed by atoms with E-state index in [1.165, 1.54) is 6.92 Å². The molecule has 1 N–H and O–H groups in total. The average molecular weight is 283 g/mol. The van der Waals surface area contributed by atoms with Gasteiger partial charge in [0.25, 0.3) is 0 Å². The fraction of sp³-hybridized carbons (Fsp3) is 0.812. The summed E-state index contributed by atoms with van der Waals surface area (Å²) in [7, 11) is 0. The maximum absolute atomic E-state index is 12.0. The highest BCUT2D eigenvalue weighted by Crippen LogP contribution is 2.41. The quantitative estimate of drug-likeness (QED) is 0.662. The van der Waals surface area contributed by atoms with E-state index in [1.54, 1.807) is 6.92 Å². The lowest BCUT2D eigenvalue weighted by Gasteiger charge is -2.41. The summed E-state index contributed by atoms with van der Waals surface area (Å²) < 4.78 is 0. The summed E-state index contributed by atoms with van der Waals surface area (Å²) in [6.07, 6.45) is 3.22. The number of Topliss-reactive ketones (excluding diaryl/α,β-unsaturated/α-hetero) is 1. The molecule has 116 valence electrons. The predicted octanol–water partition coefficient (Wildman–Crippen LogP) is 2.89. The molecule has 0 aromatic rings. The Morgan fingerprint density at radius 3 is 2.10 bits per heavy atom. The van der Waals surface area contributed by atoms with Gasteiger partial charge in [-0.2, -0.15) is 0 Å². The molecule has 4 heteroatoms. The van der Waals surface area contributed by atoms with Gasteiger partial charge in [-0.1, -0.05) is 34.6 Å². The van der Waals surface area contributed by atoms with E-state index < -0.39 is 6.04 Å². The van der Waals surface area contributed by atoms with Crippen molar-refractivity contribution in [3.63, 3.8) is 0 Å². The van der Waals surface area contributed by atoms with E-state index in [2.05, 4.69) is 5.32 Å². The molecule has 0 aliphatic heterocycles. The zero-order valence-electron chi connectivity index (χ0n) is 13.7. The van der Waals surface area contributed by atoms with Crippen LogP contribution in [-0.4, -0.2) is 24.0 Å². The van der Waals surface area contributed by atoms with Gasteiger partial charge in [-0.25, -0.2) is 0 Å². The van der Waals surface area contributed by atoms with Crippen molar-refractivity contribution < 1.29 is 14.4 Å². The number of nitrogens with one attached hydrogen (secondary N) is 1. The van der Waals surface area contributed by atoms with Crippen LogP contribution in [-0.2, 0) is 14.4 Å². The van der Waals surface area contributed by atoms with Crippen LogP contribution < -0.4 is 5.32 Å². The number of rotatable bonds is 9. The molecule has 4 nitrogen and oxygen atoms in total. The van der Waals surface area contributed by atoms with Crippen molar-refractivity contribution in [2.45, 2.75) is 73.3 Å². The van der Waals surface area contributed by atoms with Crippen LogP contribution in [0.3, 0.4) is 0 Å². The van der Waals surface area contributed by atoms with Crippen molar-refractivity contribution in [2.24, 2.45) is 10.8 Å². The van der Waals surface area contributed by atoms with Gasteiger partial charge in [-0.3, -0.25) is 9.59 Å². The average Bonchev–Trinajstić information content (AvgIpc) is 2.34. The van der Waals surface area contributed by atoms with E-state index in [1.807, 2.05) is 27.7 Å². The van der Waals surface area contributed by atoms with Crippen LogP contribution in [0.1, 0.15) is 67.2 Å². The summed E-state index contributed by atoms with van der Waals surface area (Å²) in [6.45, 7) is 11.4. The van der Waals surface area contributed by atoms with Crippen LogP contribution >= 0.6 is 0 Å². The van der Waals surface area contributed by atoms with Crippen LogP contribution in [0, 0.1) is 10.8 Å². The Hall–Kier alpha value is -1.19. The van der Waals surface area contributed by atoms with Crippen molar-refractivity contribution in [1.29, 1.82) is 0 Å². The molecule has 0 rings (SSSR count). The first kappa shape index (κ1) is 18.8. The first-order chi connectivity index (χ1) is 9.11. The van der Waals surface area contributed by atoms with E-state index >= 15 is 0 Å². The van der Waals surface area contributed by atoms with Crippen molar-refractivity contribution in [2.75, 3.05) is 0 Å². The molecule has 0 bridgehead atoms. The molecule has 0 aliphatic carbocycles. The van der Waals surface area contributed by atoms with Crippen LogP contribution in [0.25, 0.3) is 0 Å². The Kier molecular flexibility index (Phi) is 7.11. The van der Waals surface area contributed by atoms with Gasteiger partial charge in [0.2, 0.25) is 5.91 Å². The topological polar surface area (TPSA) is 63.2 Å². The van der Waals surface area contributed by atoms with Gasteiger partial charge in [-0.05, 0) is 30.6 Å². The molecular formula is C16H29NO3. The lowest BCUT2D eigenvalue weighted by atomic mass is 9.66. The van der Waals surface area contributed by atoms with E-state index in [4.69, 9.17) is 0 Å². The summed E-state index contributed by atoms with van der Waals surface area (Å²) in [5, 5.41) is 2.85. The lowest BCUT2D eigenvalue weighted by Crippen LogP contribution is -2.51. The molecule has 0 aromatic carbocycles. The summed E-state index contributed by atoms with van der Waals surface area (Å²) in [4.78, 5) is 34.4. The maximum atomic E-state index is 12.0. The summed E-state index contributed by atoms with van der Waals surface area (Å²) >= 11 is 0. The molecule has 1 amide bonds. The van der Waals surface area contributed by atoms with Crippen LogP contribution in [0.5, 0.6) is 0 Å². The van der Waals surface area contributed by atoms with Crippen molar-refractivity contribution in [3.05, 3.63) is 0 Å². The largest absolute Gasteiger partial charge is 0.346 e. The summed E-state index contributed by atoms with van der Waals surface area (Å²) in [6, 6.07) is -0.495. The molecule has 0 saturated carbocycles. The number of carbonyl (C=O) groups excluding carboxylic acids is 3. The Bertz CT molecular complexity index is 363. The van der Waals surface area contributed by atoms with Crippen molar-refractivity contribution >= 4 is 18.0 Å². The molecule has 0 heterocycles. The normalized spacial score (nSPS) is 16.1. The molecule has 2 unspecified atom stereocenters. The predicted molar refractivity (Wildman–Crippen MR) is 80.4 cm³/mol. The van der Waals surface area contributed by atoms with Crippen LogP contribution in [0.4, 0.5) is 0 Å². The molecule has 0 fully saturated rings. The van der Waals surface area contributed by atoms with Gasteiger partial charge in [0.15, 0.2) is 5.78 Å². The standard InChI is InChI=1S/C16H29NO3/c1-7-13(20)17-14(12(3)19)16(6,8-2)11-15(4,5)9-10-18/h10,14H,7-9,11H2,1-6H3,(H,17,20). The highest BCUT2D eigenvalue weighted by atomic mass is 16.2. The molecule has 0 aromatic heterocycles. The van der Waals surface area contributed by atoms with E-state index in [0.717, 1.165) is 12.7 Å². The summed E-state index contributed by atoms with van der Waals surface area (Å²) in [5.74, 6) is -0.142. The fourth-order valence-electron chi connectivity index (χ4n) is 2.85. The molecular weight excluding hydrogens is 254 g/mol. The highest BCUT2D eigenvalue weighted by Gasteiger charge is 2.40. The Labute approximate surface area is 122 Å². The number of hydrogen-bond acceptors (Lipinski definition) is 3. The summed E-state index contributed by atoms with van der Waals surface area (Å²) in [5.41, 5.74) is -0.527. The third kappa shape index (κ3) is 5.43. The first-order valence-corrected chi connectivity index (χ1v) is 7.35. The van der Waals surface area contributed by atoms with E-state index in [0.29, 0.717) is 19.3 Å². The number of hydrogen-bond donors (Lipinski definition) is 1. The molecule has 0 aliphatic rings. The Morgan fingerprint density at radius 2 is 1.75 bits per heavy atom. The third-order valence-corrected chi connectivity index (χ3v) is 4.06. The van der Waals surface area contributed by atoms with Gasteiger partial charge in [0.1, 0.15) is 6.29 Å². The minimum atomic E-state index is -0.495. The zero-order chi connectivity index (χ0) is 16.0. The van der Waals surface area contributed by atoms with Crippen molar-refractivity contribution in [3.8, 4) is 0 Å². The Balaban J connectivity index is 5.26. The highest BCUT2D eigenvalue weighted by molar-refractivity contribution is 5.88. The fourth-order valence-corrected chi connectivity index (χ4v) is 2.85. The zero-order valence-corrected chi connectivity index (χ0v) is 13.7. The lowest BCUT2D eigenvalue weighted by molar-refractivity contribution is -0.130. The minimum Gasteiger partial charge on any atom is -0.346 e. The van der Waals surface area contributed by atoms with Crippen LogP contribution in [0.2, 0.25) is 0 Å². The van der Waals surface area contributed by atoms with E-state index in [-0.39, 0.29) is 22.5 Å². The van der Waals surface area contributed by atoms with Gasteiger partial charge in [-0.15, -0.1) is 0 Å². The number of amides is 1. The molecule has 0 saturated heterocycles. The van der Waals surface area contributed by atoms with Gasteiger partial charge in [0.05, 0.1) is 6.04 Å². The smallest absolute Gasteiger partial charge is 0.220 e. The molecule has 20 heavy (non-hydrogen) atoms. The second-order valence-electron chi connectivity index (χ2n) is 6.68. The number of carbonyl (C=O) groups is 3. The third-order valence-electron chi connectivity index (χ3n) is 4.06. The molecule has 0 spiro atoms. The maximum Gasteiger partial charge on any atom is 0.220 e. The Morgan fingerprint density at radius 1 is 1.20 bits per heavy atom. The number of ketones is 1. The second-order valence-corrected chi connectivity index (χ2v) is 6.68. The molecule has 2 atom stereocenters. The monoisotopic (exact) mass is 283 g/mol. The van der Waals surface area contributed by atoms with Crippen LogP contribution in [0.15, 0.2) is 0 Å². The van der Waals surface area contributed by atoms with Gasteiger partial charge >= 0.3 is 0 Å². The SMILES string of the molecule is CCC(=O)NC(C(C)=O)C(C)(CC)CC(C)(C)CC=O. The minimum absolute atomic E-state index is 0.0296.